The summed E-state index contributed by atoms with van der Waals surface area (Å²) in [4.78, 5) is 27.1. The minimum atomic E-state index is -1.73. The fourth-order valence-electron chi connectivity index (χ4n) is 3.90. The molecule has 0 atom stereocenters. The van der Waals surface area contributed by atoms with Gasteiger partial charge in [-0.3, -0.25) is 15.0 Å². The minimum absolute atomic E-state index is 0.0100. The van der Waals surface area contributed by atoms with Crippen LogP contribution in [0.4, 0.5) is 23.2 Å². The van der Waals surface area contributed by atoms with Crippen molar-refractivity contribution in [2.75, 3.05) is 31.1 Å². The smallest absolute Gasteiger partial charge is 0.303 e. The third-order valence-corrected chi connectivity index (χ3v) is 5.80. The summed E-state index contributed by atoms with van der Waals surface area (Å²) in [6.45, 7) is 0.190. The summed E-state index contributed by atoms with van der Waals surface area (Å²) >= 11 is 0. The number of hydrogen-bond donors (Lipinski definition) is 4. The van der Waals surface area contributed by atoms with E-state index in [0.717, 1.165) is 4.90 Å². The average molecular weight is 511 g/mol. The summed E-state index contributed by atoms with van der Waals surface area (Å²) in [5.74, 6) is -8.21. The number of amides is 1. The molecular formula is C23H25F4N5O4. The summed E-state index contributed by atoms with van der Waals surface area (Å²) in [5.41, 5.74) is 5.69. The number of nitrogens with one attached hydrogen (secondary N) is 2. The number of carbonyl (C=O) groups excluding carboxylic acids is 1. The molecule has 0 aliphatic carbocycles. The van der Waals surface area contributed by atoms with Crippen LogP contribution in [0, 0.1) is 34.9 Å². The van der Waals surface area contributed by atoms with Gasteiger partial charge in [-0.25, -0.2) is 0 Å². The van der Waals surface area contributed by atoms with E-state index in [4.69, 9.17) is 21.0 Å². The van der Waals surface area contributed by atoms with E-state index in [1.807, 2.05) is 0 Å². The van der Waals surface area contributed by atoms with Crippen molar-refractivity contribution in [3.05, 3.63) is 52.9 Å². The standard InChI is InChI=1S/C23H25F4N5O4/c24-17-19(18(25)21(27)31-20(17)26)32-8-5-13(6-9-32)23(35)30-7-10-36-15-11-14(22(28)29)2-1-12(15)3-4-16(33)34/h1-2,11,13H,3-10H2,(H3,28,29)(H,30,35)(H,33,34). The van der Waals surface area contributed by atoms with Crippen LogP contribution in [-0.2, 0) is 16.0 Å². The fourth-order valence-corrected chi connectivity index (χ4v) is 3.90. The Labute approximate surface area is 203 Å². The zero-order valence-electron chi connectivity index (χ0n) is 19.1. The molecule has 13 heteroatoms. The molecule has 36 heavy (non-hydrogen) atoms. The molecule has 1 fully saturated rings. The van der Waals surface area contributed by atoms with E-state index in [0.29, 0.717) is 16.9 Å². The van der Waals surface area contributed by atoms with E-state index in [2.05, 4.69) is 10.3 Å². The van der Waals surface area contributed by atoms with Crippen LogP contribution in [0.25, 0.3) is 0 Å². The molecule has 0 bridgehead atoms. The van der Waals surface area contributed by atoms with Gasteiger partial charge in [-0.2, -0.15) is 22.5 Å². The maximum atomic E-state index is 14.0. The van der Waals surface area contributed by atoms with Crippen LogP contribution in [0.15, 0.2) is 18.2 Å². The lowest BCUT2D eigenvalue weighted by atomic mass is 9.95. The molecule has 3 rings (SSSR count). The third kappa shape index (κ3) is 6.40. The summed E-state index contributed by atoms with van der Waals surface area (Å²) in [6, 6.07) is 4.75. The molecular weight excluding hydrogens is 486 g/mol. The van der Waals surface area contributed by atoms with Crippen molar-refractivity contribution in [1.29, 1.82) is 5.41 Å². The van der Waals surface area contributed by atoms with E-state index >= 15 is 0 Å². The van der Waals surface area contributed by atoms with Crippen LogP contribution < -0.4 is 20.7 Å². The number of piperidine rings is 1. The average Bonchev–Trinajstić information content (AvgIpc) is 2.84. The molecule has 0 saturated carbocycles. The van der Waals surface area contributed by atoms with Crippen molar-refractivity contribution in [3.8, 4) is 5.75 Å². The van der Waals surface area contributed by atoms with E-state index in [-0.39, 0.29) is 63.7 Å². The van der Waals surface area contributed by atoms with Gasteiger partial charge in [-0.15, -0.1) is 0 Å². The molecule has 0 radical (unpaired) electrons. The Morgan fingerprint density at radius 1 is 1.17 bits per heavy atom. The van der Waals surface area contributed by atoms with Crippen LogP contribution in [0.3, 0.4) is 0 Å². The van der Waals surface area contributed by atoms with E-state index in [9.17, 15) is 27.2 Å². The number of carbonyl (C=O) groups is 2. The fraction of sp³-hybridized carbons (Fsp3) is 0.391. The van der Waals surface area contributed by atoms with Crippen LogP contribution >= 0.6 is 0 Å². The highest BCUT2D eigenvalue weighted by atomic mass is 19.2. The molecule has 1 saturated heterocycles. The predicted molar refractivity (Wildman–Crippen MR) is 121 cm³/mol. The maximum Gasteiger partial charge on any atom is 0.303 e. The van der Waals surface area contributed by atoms with Gasteiger partial charge in [0, 0.05) is 31.0 Å². The van der Waals surface area contributed by atoms with Gasteiger partial charge in [0.25, 0.3) is 11.9 Å². The van der Waals surface area contributed by atoms with Gasteiger partial charge in [0.15, 0.2) is 0 Å². The largest absolute Gasteiger partial charge is 0.491 e. The highest BCUT2D eigenvalue weighted by Gasteiger charge is 2.30. The predicted octanol–water partition coefficient (Wildman–Crippen LogP) is 2.35. The molecule has 2 heterocycles. The lowest BCUT2D eigenvalue weighted by molar-refractivity contribution is -0.137. The molecule has 1 aromatic heterocycles. The van der Waals surface area contributed by atoms with Crippen molar-refractivity contribution in [2.24, 2.45) is 11.7 Å². The normalized spacial score (nSPS) is 13.9. The van der Waals surface area contributed by atoms with Gasteiger partial charge < -0.3 is 25.8 Å². The Kier molecular flexibility index (Phi) is 8.67. The SMILES string of the molecule is N=C(N)c1ccc(CCC(=O)O)c(OCCNC(=O)C2CCN(c3c(F)c(F)nc(F)c3F)CC2)c1. The molecule has 194 valence electrons. The van der Waals surface area contributed by atoms with Crippen molar-refractivity contribution < 1.29 is 37.0 Å². The molecule has 0 unspecified atom stereocenters. The first-order valence-corrected chi connectivity index (χ1v) is 11.1. The lowest BCUT2D eigenvalue weighted by Gasteiger charge is -2.33. The number of anilines is 1. The number of carboxylic acids is 1. The Morgan fingerprint density at radius 2 is 1.81 bits per heavy atom. The first-order valence-electron chi connectivity index (χ1n) is 11.1. The number of pyridine rings is 1. The number of aromatic nitrogens is 1. The monoisotopic (exact) mass is 511 g/mol. The van der Waals surface area contributed by atoms with Gasteiger partial charge in [0.05, 0.1) is 6.54 Å². The number of aryl methyl sites for hydroxylation is 1. The summed E-state index contributed by atoms with van der Waals surface area (Å²) in [7, 11) is 0. The second-order valence-electron chi connectivity index (χ2n) is 8.20. The van der Waals surface area contributed by atoms with E-state index < -0.39 is 41.1 Å². The quantitative estimate of drug-likeness (QED) is 0.126. The van der Waals surface area contributed by atoms with Crippen LogP contribution in [0.2, 0.25) is 0 Å². The number of aliphatic carboxylic acids is 1. The van der Waals surface area contributed by atoms with Crippen LogP contribution in [0.5, 0.6) is 5.75 Å². The van der Waals surface area contributed by atoms with Gasteiger partial charge in [-0.1, -0.05) is 12.1 Å². The molecule has 1 aliphatic rings. The number of nitrogens with two attached hydrogens (primary N) is 1. The Morgan fingerprint density at radius 3 is 2.39 bits per heavy atom. The first-order chi connectivity index (χ1) is 17.1. The highest BCUT2D eigenvalue weighted by molar-refractivity contribution is 5.95. The molecule has 1 aliphatic heterocycles. The van der Waals surface area contributed by atoms with Crippen molar-refractivity contribution in [3.63, 3.8) is 0 Å². The number of nitrogens with zero attached hydrogens (tertiary/aromatic N) is 2. The number of rotatable bonds is 10. The minimum Gasteiger partial charge on any atom is -0.491 e. The topological polar surface area (TPSA) is 142 Å². The summed E-state index contributed by atoms with van der Waals surface area (Å²) in [6.07, 6.45) is 0.506. The number of amidine groups is 1. The number of nitrogen functional groups attached to an aromatic ring is 1. The number of ether oxygens (including phenoxy) is 1. The Balaban J connectivity index is 1.52. The van der Waals surface area contributed by atoms with E-state index in [1.54, 1.807) is 12.1 Å². The molecule has 1 aromatic carbocycles. The number of hydrogen-bond acceptors (Lipinski definition) is 6. The van der Waals surface area contributed by atoms with Crippen LogP contribution in [0.1, 0.15) is 30.4 Å². The van der Waals surface area contributed by atoms with Gasteiger partial charge >= 0.3 is 5.97 Å². The van der Waals surface area contributed by atoms with Crippen molar-refractivity contribution in [1.82, 2.24) is 10.3 Å². The second kappa shape index (κ2) is 11.7. The van der Waals surface area contributed by atoms with Crippen LogP contribution in [-0.4, -0.2) is 54.0 Å². The van der Waals surface area contributed by atoms with Crippen molar-refractivity contribution in [2.45, 2.75) is 25.7 Å². The number of halogens is 4. The maximum absolute atomic E-state index is 14.0. The summed E-state index contributed by atoms with van der Waals surface area (Å²) in [5, 5.41) is 19.2. The van der Waals surface area contributed by atoms with Gasteiger partial charge in [0.1, 0.15) is 23.9 Å². The Hall–Kier alpha value is -3.90. The zero-order valence-corrected chi connectivity index (χ0v) is 19.1. The molecule has 9 nitrogen and oxygen atoms in total. The number of benzene rings is 1. The highest BCUT2D eigenvalue weighted by Crippen LogP contribution is 2.30. The molecule has 1 amide bonds. The van der Waals surface area contributed by atoms with E-state index in [1.165, 1.54) is 6.07 Å². The summed E-state index contributed by atoms with van der Waals surface area (Å²) < 4.78 is 60.5. The third-order valence-electron chi connectivity index (χ3n) is 5.80. The Bertz CT molecular complexity index is 1130. The molecule has 2 aromatic rings. The number of carboxylic acid groups (broad SMARTS) is 1. The molecule has 5 N–H and O–H groups in total. The molecule has 0 spiro atoms. The second-order valence-corrected chi connectivity index (χ2v) is 8.20. The lowest BCUT2D eigenvalue weighted by Crippen LogP contribution is -2.42. The zero-order chi connectivity index (χ0) is 26.4. The van der Waals surface area contributed by atoms with Gasteiger partial charge in [0.2, 0.25) is 17.5 Å². The van der Waals surface area contributed by atoms with Crippen molar-refractivity contribution >= 4 is 23.4 Å². The van der Waals surface area contributed by atoms with Gasteiger partial charge in [-0.05, 0) is 30.9 Å². The first kappa shape index (κ1) is 26.7.